The van der Waals surface area contributed by atoms with Crippen LogP contribution in [0, 0.1) is 5.41 Å². The first-order valence-electron chi connectivity index (χ1n) is 10.8. The number of rotatable bonds is 7. The predicted octanol–water partition coefficient (Wildman–Crippen LogP) is 3.19. The Morgan fingerprint density at radius 2 is 1.94 bits per heavy atom. The molecule has 1 aromatic carbocycles. The fraction of sp³-hybridized carbons (Fsp3) is 0.208. The minimum absolute atomic E-state index is 0.130. The minimum atomic E-state index is -3.49. The van der Waals surface area contributed by atoms with Crippen LogP contribution < -0.4 is 16.4 Å². The van der Waals surface area contributed by atoms with E-state index < -0.39 is 15.9 Å². The number of pyridine rings is 1. The van der Waals surface area contributed by atoms with E-state index in [1.807, 2.05) is 43.3 Å². The minimum Gasteiger partial charge on any atom is -0.378 e. The summed E-state index contributed by atoms with van der Waals surface area (Å²) in [6, 6.07) is 8.76. The lowest BCUT2D eigenvalue weighted by molar-refractivity contribution is -0.109. The van der Waals surface area contributed by atoms with Crippen molar-refractivity contribution in [3.8, 4) is 11.3 Å². The van der Waals surface area contributed by atoms with Crippen molar-refractivity contribution in [1.82, 2.24) is 20.3 Å². The first-order valence-corrected chi connectivity index (χ1v) is 12.7. The van der Waals surface area contributed by atoms with Crippen LogP contribution in [0.4, 0.5) is 17.5 Å². The van der Waals surface area contributed by atoms with Crippen molar-refractivity contribution in [2.24, 2.45) is 0 Å². The number of aldehydes is 1. The van der Waals surface area contributed by atoms with Crippen LogP contribution in [0.3, 0.4) is 0 Å². The molecule has 0 amide bonds. The molecule has 0 spiro atoms. The predicted molar refractivity (Wildman–Crippen MR) is 136 cm³/mol. The van der Waals surface area contributed by atoms with Gasteiger partial charge >= 0.3 is 0 Å². The van der Waals surface area contributed by atoms with E-state index in [1.54, 1.807) is 18.6 Å². The van der Waals surface area contributed by atoms with Crippen LogP contribution in [-0.2, 0) is 14.6 Å². The molecule has 10 nitrogen and oxygen atoms in total. The molecule has 0 bridgehead atoms. The van der Waals surface area contributed by atoms with Gasteiger partial charge in [0.15, 0.2) is 9.84 Å². The highest BCUT2D eigenvalue weighted by Crippen LogP contribution is 2.34. The topological polar surface area (TPSA) is 164 Å². The van der Waals surface area contributed by atoms with Crippen molar-refractivity contribution in [3.05, 3.63) is 65.6 Å². The Kier molecular flexibility index (Phi) is 6.61. The summed E-state index contributed by atoms with van der Waals surface area (Å²) >= 11 is 0. The van der Waals surface area contributed by atoms with E-state index in [0.717, 1.165) is 29.4 Å². The third-order valence-corrected chi connectivity index (χ3v) is 6.79. The fourth-order valence-corrected chi connectivity index (χ4v) is 4.32. The Labute approximate surface area is 203 Å². The van der Waals surface area contributed by atoms with Crippen LogP contribution >= 0.6 is 0 Å². The van der Waals surface area contributed by atoms with Crippen molar-refractivity contribution >= 4 is 44.7 Å². The number of hydrogen-bond acceptors (Lipinski definition) is 10. The average molecular weight is 492 g/mol. The first kappa shape index (κ1) is 24.0. The summed E-state index contributed by atoms with van der Waals surface area (Å²) < 4.78 is 23.2. The number of carbonyl (C=O) groups is 1. The zero-order valence-electron chi connectivity index (χ0n) is 19.2. The second kappa shape index (κ2) is 9.63. The molecule has 1 aliphatic rings. The van der Waals surface area contributed by atoms with Gasteiger partial charge in [0.05, 0.1) is 5.69 Å². The number of sulfone groups is 1. The summed E-state index contributed by atoms with van der Waals surface area (Å²) in [5, 5.41) is 13.8. The Balaban J connectivity index is 1.66. The largest absolute Gasteiger partial charge is 0.378 e. The molecule has 0 saturated heterocycles. The van der Waals surface area contributed by atoms with Crippen LogP contribution in [-0.4, -0.2) is 41.0 Å². The summed E-state index contributed by atoms with van der Waals surface area (Å²) in [4.78, 5) is 24.6. The Morgan fingerprint density at radius 3 is 2.57 bits per heavy atom. The van der Waals surface area contributed by atoms with Gasteiger partial charge in [-0.15, -0.1) is 0 Å². The summed E-state index contributed by atoms with van der Waals surface area (Å²) in [6.07, 6.45) is 8.77. The number of nitrogens with two attached hydrogens (primary N) is 1. The standard InChI is InChI=1S/C24H25N7O3S/c1-14(9-21(25)35(2,33)34)15-3-5-18(6-4-15)30-23-22-16(7-8-27-20(22)13-32)10-19(31-23)17-11-28-24(26)29-12-17/h3-8,10-14,20,25,27H,9H2,1-2H3,(H,30,31)(H2,26,28,29). The van der Waals surface area contributed by atoms with Crippen molar-refractivity contribution < 1.29 is 13.2 Å². The van der Waals surface area contributed by atoms with Gasteiger partial charge in [-0.2, -0.15) is 0 Å². The molecule has 4 rings (SSSR count). The van der Waals surface area contributed by atoms with E-state index >= 15 is 0 Å². The SMILES string of the molecule is CC(CC(=N)S(C)(=O)=O)c1ccc(Nc2nc(-c3cnc(N)nc3)cc3c2C(C=O)NC=C3)cc1. The summed E-state index contributed by atoms with van der Waals surface area (Å²) in [5.74, 6) is 0.527. The fourth-order valence-electron chi connectivity index (χ4n) is 3.76. The van der Waals surface area contributed by atoms with E-state index in [2.05, 4.69) is 20.6 Å². The van der Waals surface area contributed by atoms with Crippen LogP contribution in [0.5, 0.6) is 0 Å². The van der Waals surface area contributed by atoms with Gasteiger partial charge in [0.1, 0.15) is 23.2 Å². The van der Waals surface area contributed by atoms with Gasteiger partial charge in [0.25, 0.3) is 0 Å². The van der Waals surface area contributed by atoms with E-state index in [4.69, 9.17) is 16.1 Å². The number of nitrogen functional groups attached to an aromatic ring is 1. The summed E-state index contributed by atoms with van der Waals surface area (Å²) in [5.41, 5.74) is 10.1. The first-order chi connectivity index (χ1) is 16.7. The molecule has 11 heteroatoms. The maximum absolute atomic E-state index is 11.8. The molecule has 0 radical (unpaired) electrons. The molecule has 5 N–H and O–H groups in total. The molecule has 1 aliphatic heterocycles. The van der Waals surface area contributed by atoms with Gasteiger partial charge in [-0.25, -0.2) is 23.4 Å². The van der Waals surface area contributed by atoms with E-state index in [9.17, 15) is 13.2 Å². The number of anilines is 3. The molecular formula is C24H25N7O3S. The number of nitrogens with zero attached hydrogens (tertiary/aromatic N) is 3. The lowest BCUT2D eigenvalue weighted by Gasteiger charge is -2.23. The quantitative estimate of drug-likeness (QED) is 0.221. The zero-order valence-corrected chi connectivity index (χ0v) is 20.0. The number of nitrogens with one attached hydrogen (secondary N) is 3. The number of aromatic nitrogens is 3. The van der Waals surface area contributed by atoms with Gasteiger partial charge in [0, 0.05) is 41.9 Å². The van der Waals surface area contributed by atoms with E-state index in [-0.39, 0.29) is 23.3 Å². The maximum atomic E-state index is 11.8. The third kappa shape index (κ3) is 5.35. The number of hydrogen-bond donors (Lipinski definition) is 4. The summed E-state index contributed by atoms with van der Waals surface area (Å²) in [7, 11) is -3.49. The molecule has 3 heterocycles. The monoisotopic (exact) mass is 491 g/mol. The Morgan fingerprint density at radius 1 is 1.26 bits per heavy atom. The van der Waals surface area contributed by atoms with Crippen molar-refractivity contribution in [3.63, 3.8) is 0 Å². The van der Waals surface area contributed by atoms with Crippen molar-refractivity contribution in [2.75, 3.05) is 17.3 Å². The lowest BCUT2D eigenvalue weighted by atomic mass is 9.97. The third-order valence-electron chi connectivity index (χ3n) is 5.73. The molecule has 2 unspecified atom stereocenters. The molecule has 35 heavy (non-hydrogen) atoms. The molecule has 2 aromatic heterocycles. The lowest BCUT2D eigenvalue weighted by Crippen LogP contribution is -2.22. The second-order valence-electron chi connectivity index (χ2n) is 8.35. The highest BCUT2D eigenvalue weighted by Gasteiger charge is 2.23. The van der Waals surface area contributed by atoms with Gasteiger partial charge in [0.2, 0.25) is 5.95 Å². The molecule has 180 valence electrons. The number of fused-ring (bicyclic) bond motifs is 1. The Hall–Kier alpha value is -4.12. The van der Waals surface area contributed by atoms with Crippen LogP contribution in [0.2, 0.25) is 0 Å². The molecule has 0 fully saturated rings. The summed E-state index contributed by atoms with van der Waals surface area (Å²) in [6.45, 7) is 1.88. The van der Waals surface area contributed by atoms with Gasteiger partial charge in [-0.1, -0.05) is 19.1 Å². The average Bonchev–Trinajstić information content (AvgIpc) is 2.83. The van der Waals surface area contributed by atoms with E-state index in [0.29, 0.717) is 22.6 Å². The number of carbonyl (C=O) groups excluding carboxylic acids is 1. The van der Waals surface area contributed by atoms with Crippen molar-refractivity contribution in [2.45, 2.75) is 25.3 Å². The second-order valence-corrected chi connectivity index (χ2v) is 10.4. The molecule has 0 saturated carbocycles. The van der Waals surface area contributed by atoms with Gasteiger partial charge in [-0.05, 0) is 47.5 Å². The van der Waals surface area contributed by atoms with E-state index in [1.165, 1.54) is 0 Å². The number of benzene rings is 1. The van der Waals surface area contributed by atoms with Crippen molar-refractivity contribution in [1.29, 1.82) is 5.41 Å². The van der Waals surface area contributed by atoms with Gasteiger partial charge < -0.3 is 21.2 Å². The normalized spacial score (nSPS) is 15.5. The smallest absolute Gasteiger partial charge is 0.219 e. The highest BCUT2D eigenvalue weighted by molar-refractivity contribution is 8.05. The molecule has 3 aromatic rings. The van der Waals surface area contributed by atoms with Crippen LogP contribution in [0.15, 0.2) is 48.9 Å². The molecule has 2 atom stereocenters. The molecule has 0 aliphatic carbocycles. The zero-order chi connectivity index (χ0) is 25.2. The van der Waals surface area contributed by atoms with Gasteiger partial charge in [-0.3, -0.25) is 5.41 Å². The maximum Gasteiger partial charge on any atom is 0.219 e. The van der Waals surface area contributed by atoms with Crippen LogP contribution in [0.25, 0.3) is 17.3 Å². The van der Waals surface area contributed by atoms with Crippen LogP contribution in [0.1, 0.15) is 42.0 Å². The molecular weight excluding hydrogens is 466 g/mol. The highest BCUT2D eigenvalue weighted by atomic mass is 32.2. The Bertz CT molecular complexity index is 1400.